The Morgan fingerprint density at radius 1 is 1.19 bits per heavy atom. The Morgan fingerprint density at radius 3 is 2.69 bits per heavy atom. The van der Waals surface area contributed by atoms with Gasteiger partial charge in [-0.1, -0.05) is 17.7 Å². The molecule has 0 bridgehead atoms. The normalized spacial score (nSPS) is 16.1. The van der Waals surface area contributed by atoms with Gasteiger partial charge in [-0.25, -0.2) is 0 Å². The van der Waals surface area contributed by atoms with Gasteiger partial charge in [-0.05, 0) is 69.4 Å². The van der Waals surface area contributed by atoms with Gasteiger partial charge in [-0.15, -0.1) is 0 Å². The number of ether oxygens (including phenoxy) is 2. The molecule has 0 aromatic heterocycles. The number of Topliss-reactive ketones (excluding diaryl/α,β-unsaturated/α-hetero) is 1. The number of fused-ring (bicyclic) bond motifs is 1. The zero-order valence-electron chi connectivity index (χ0n) is 18.6. The van der Waals surface area contributed by atoms with Crippen molar-refractivity contribution in [3.05, 3.63) is 53.1 Å². The molecule has 1 heterocycles. The van der Waals surface area contributed by atoms with Crippen molar-refractivity contribution >= 4 is 23.3 Å². The Kier molecular flexibility index (Phi) is 6.17. The number of rotatable bonds is 8. The van der Waals surface area contributed by atoms with E-state index in [4.69, 9.17) is 9.47 Å². The lowest BCUT2D eigenvalue weighted by Crippen LogP contribution is -2.51. The van der Waals surface area contributed by atoms with Crippen LogP contribution in [0, 0.1) is 19.8 Å². The van der Waals surface area contributed by atoms with E-state index in [1.807, 2.05) is 32.0 Å². The molecule has 7 nitrogen and oxygen atoms in total. The SMILES string of the molecule is Cc1ccc(OCC(=O)c2ccc3c(c2)N([C@H](C)C(=O)NCC2CC2)C(=O)CO3)c(C)c1. The maximum atomic E-state index is 12.8. The molecule has 0 saturated heterocycles. The Morgan fingerprint density at radius 2 is 1.97 bits per heavy atom. The van der Waals surface area contributed by atoms with Crippen molar-refractivity contribution < 1.29 is 23.9 Å². The van der Waals surface area contributed by atoms with E-state index in [-0.39, 0.29) is 30.8 Å². The summed E-state index contributed by atoms with van der Waals surface area (Å²) in [5.41, 5.74) is 2.89. The molecule has 1 N–H and O–H groups in total. The number of nitrogens with zero attached hydrogens (tertiary/aromatic N) is 1. The number of hydrogen-bond donors (Lipinski definition) is 1. The van der Waals surface area contributed by atoms with Gasteiger partial charge in [0.2, 0.25) is 5.91 Å². The zero-order valence-corrected chi connectivity index (χ0v) is 18.6. The summed E-state index contributed by atoms with van der Waals surface area (Å²) >= 11 is 0. The predicted molar refractivity (Wildman–Crippen MR) is 120 cm³/mol. The van der Waals surface area contributed by atoms with Gasteiger partial charge in [-0.3, -0.25) is 19.3 Å². The maximum Gasteiger partial charge on any atom is 0.265 e. The minimum Gasteiger partial charge on any atom is -0.485 e. The van der Waals surface area contributed by atoms with Crippen molar-refractivity contribution in [3.8, 4) is 11.5 Å². The van der Waals surface area contributed by atoms with Crippen LogP contribution in [-0.2, 0) is 9.59 Å². The topological polar surface area (TPSA) is 84.9 Å². The molecule has 1 fully saturated rings. The molecule has 2 aromatic rings. The second kappa shape index (κ2) is 9.02. The lowest BCUT2D eigenvalue weighted by Gasteiger charge is -2.33. The molecule has 0 unspecified atom stereocenters. The van der Waals surface area contributed by atoms with E-state index in [0.717, 1.165) is 24.0 Å². The lowest BCUT2D eigenvalue weighted by molar-refractivity contribution is -0.127. The summed E-state index contributed by atoms with van der Waals surface area (Å²) in [4.78, 5) is 39.5. The number of aryl methyl sites for hydroxylation is 2. The molecule has 2 aliphatic rings. The van der Waals surface area contributed by atoms with Gasteiger partial charge in [0.05, 0.1) is 5.69 Å². The number of carbonyl (C=O) groups excluding carboxylic acids is 3. The van der Waals surface area contributed by atoms with Crippen LogP contribution in [0.15, 0.2) is 36.4 Å². The van der Waals surface area contributed by atoms with Crippen molar-refractivity contribution in [1.29, 1.82) is 0 Å². The van der Waals surface area contributed by atoms with Crippen molar-refractivity contribution in [3.63, 3.8) is 0 Å². The largest absolute Gasteiger partial charge is 0.485 e. The third kappa shape index (κ3) is 4.77. The number of anilines is 1. The summed E-state index contributed by atoms with van der Waals surface area (Å²) in [6, 6.07) is 9.98. The van der Waals surface area contributed by atoms with Crippen molar-refractivity contribution in [1.82, 2.24) is 5.32 Å². The Bertz CT molecular complexity index is 1060. The maximum absolute atomic E-state index is 12.8. The highest BCUT2D eigenvalue weighted by Crippen LogP contribution is 2.35. The van der Waals surface area contributed by atoms with E-state index in [2.05, 4.69) is 5.32 Å². The number of benzene rings is 2. The van der Waals surface area contributed by atoms with E-state index in [1.54, 1.807) is 25.1 Å². The van der Waals surface area contributed by atoms with Gasteiger partial charge in [0, 0.05) is 12.1 Å². The van der Waals surface area contributed by atoms with Gasteiger partial charge >= 0.3 is 0 Å². The Balaban J connectivity index is 1.50. The minimum atomic E-state index is -0.708. The number of hydrogen-bond acceptors (Lipinski definition) is 5. The third-order valence-electron chi connectivity index (χ3n) is 5.88. The van der Waals surface area contributed by atoms with Crippen LogP contribution in [0.1, 0.15) is 41.3 Å². The molecule has 0 radical (unpaired) electrons. The molecular weight excluding hydrogens is 408 g/mol. The standard InChI is InChI=1S/C25H28N2O5/c1-15-4-8-22(16(2)10-15)31-13-21(28)19-7-9-23-20(11-19)27(24(29)14-32-23)17(3)25(30)26-12-18-5-6-18/h4,7-11,17-18H,5-6,12-14H2,1-3H3,(H,26,30)/t17-/m1/s1. The minimum absolute atomic E-state index is 0.130. The van der Waals surface area contributed by atoms with E-state index < -0.39 is 6.04 Å². The molecule has 7 heteroatoms. The van der Waals surface area contributed by atoms with Gasteiger partial charge < -0.3 is 14.8 Å². The average Bonchev–Trinajstić information content (AvgIpc) is 3.60. The number of nitrogens with one attached hydrogen (secondary N) is 1. The predicted octanol–water partition coefficient (Wildman–Crippen LogP) is 3.21. The number of amides is 2. The first-order chi connectivity index (χ1) is 15.3. The van der Waals surface area contributed by atoms with Crippen molar-refractivity contribution in [2.45, 2.75) is 39.7 Å². The highest BCUT2D eigenvalue weighted by Gasteiger charge is 2.34. The van der Waals surface area contributed by atoms with Crippen LogP contribution >= 0.6 is 0 Å². The fourth-order valence-corrected chi connectivity index (χ4v) is 3.79. The van der Waals surface area contributed by atoms with Crippen LogP contribution in [0.2, 0.25) is 0 Å². The summed E-state index contributed by atoms with van der Waals surface area (Å²) in [5, 5.41) is 2.92. The molecule has 4 rings (SSSR count). The molecule has 1 saturated carbocycles. The molecule has 0 spiro atoms. The van der Waals surface area contributed by atoms with Crippen LogP contribution in [0.5, 0.6) is 11.5 Å². The van der Waals surface area contributed by atoms with Crippen LogP contribution in [0.25, 0.3) is 0 Å². The van der Waals surface area contributed by atoms with E-state index in [1.165, 1.54) is 4.90 Å². The Hall–Kier alpha value is -3.35. The molecule has 32 heavy (non-hydrogen) atoms. The first kappa shape index (κ1) is 21.9. The molecule has 1 atom stereocenters. The smallest absolute Gasteiger partial charge is 0.265 e. The highest BCUT2D eigenvalue weighted by molar-refractivity contribution is 6.05. The first-order valence-corrected chi connectivity index (χ1v) is 10.9. The molecular formula is C25H28N2O5. The average molecular weight is 437 g/mol. The third-order valence-corrected chi connectivity index (χ3v) is 5.88. The second-order valence-electron chi connectivity index (χ2n) is 8.58. The molecule has 2 aromatic carbocycles. The second-order valence-corrected chi connectivity index (χ2v) is 8.58. The first-order valence-electron chi connectivity index (χ1n) is 10.9. The fourth-order valence-electron chi connectivity index (χ4n) is 3.79. The van der Waals surface area contributed by atoms with Gasteiger partial charge in [-0.2, -0.15) is 0 Å². The molecule has 2 amide bonds. The van der Waals surface area contributed by atoms with Gasteiger partial charge in [0.15, 0.2) is 19.0 Å². The fraction of sp³-hybridized carbons (Fsp3) is 0.400. The van der Waals surface area contributed by atoms with Crippen molar-refractivity contribution in [2.75, 3.05) is 24.7 Å². The zero-order chi connectivity index (χ0) is 22.8. The summed E-state index contributed by atoms with van der Waals surface area (Å²) < 4.78 is 11.3. The van der Waals surface area contributed by atoms with Crippen LogP contribution < -0.4 is 19.7 Å². The lowest BCUT2D eigenvalue weighted by atomic mass is 10.1. The van der Waals surface area contributed by atoms with Crippen LogP contribution in [0.4, 0.5) is 5.69 Å². The van der Waals surface area contributed by atoms with Gasteiger partial charge in [0.1, 0.15) is 17.5 Å². The highest BCUT2D eigenvalue weighted by atomic mass is 16.5. The number of ketones is 1. The van der Waals surface area contributed by atoms with Gasteiger partial charge in [0.25, 0.3) is 5.91 Å². The summed E-state index contributed by atoms with van der Waals surface area (Å²) in [6.07, 6.45) is 2.26. The van der Waals surface area contributed by atoms with Crippen LogP contribution in [-0.4, -0.2) is 43.4 Å². The summed E-state index contributed by atoms with van der Waals surface area (Å²) in [5.74, 6) is 0.911. The summed E-state index contributed by atoms with van der Waals surface area (Å²) in [6.45, 7) is 5.97. The van der Waals surface area contributed by atoms with E-state index in [9.17, 15) is 14.4 Å². The van der Waals surface area contributed by atoms with Crippen LogP contribution in [0.3, 0.4) is 0 Å². The molecule has 168 valence electrons. The Labute approximate surface area is 187 Å². The van der Waals surface area contributed by atoms with E-state index in [0.29, 0.717) is 35.2 Å². The van der Waals surface area contributed by atoms with E-state index >= 15 is 0 Å². The number of carbonyl (C=O) groups is 3. The molecule has 1 aliphatic carbocycles. The monoisotopic (exact) mass is 436 g/mol. The quantitative estimate of drug-likeness (QED) is 0.643. The molecule has 1 aliphatic heterocycles. The summed E-state index contributed by atoms with van der Waals surface area (Å²) in [7, 11) is 0. The van der Waals surface area contributed by atoms with Crippen molar-refractivity contribution in [2.24, 2.45) is 5.92 Å².